The molecule has 8 heteroatoms. The topological polar surface area (TPSA) is 68.3 Å². The van der Waals surface area contributed by atoms with E-state index in [4.69, 9.17) is 11.6 Å². The van der Waals surface area contributed by atoms with E-state index in [2.05, 4.69) is 15.2 Å². The van der Waals surface area contributed by atoms with E-state index in [1.54, 1.807) is 45.8 Å². The Hall–Kier alpha value is -2.41. The summed E-state index contributed by atoms with van der Waals surface area (Å²) < 4.78 is 3.35. The number of hydrogen-bond acceptors (Lipinski definition) is 4. The lowest BCUT2D eigenvalue weighted by Crippen LogP contribution is -2.27. The third-order valence-corrected chi connectivity index (χ3v) is 3.76. The van der Waals surface area contributed by atoms with Crippen molar-refractivity contribution in [3.8, 4) is 0 Å². The number of amides is 1. The summed E-state index contributed by atoms with van der Waals surface area (Å²) in [5, 5.41) is 8.87. The van der Waals surface area contributed by atoms with E-state index in [1.807, 2.05) is 6.92 Å². The van der Waals surface area contributed by atoms with Crippen LogP contribution in [0.15, 0.2) is 30.9 Å². The van der Waals surface area contributed by atoms with Crippen LogP contribution >= 0.6 is 11.6 Å². The Morgan fingerprint density at radius 1 is 1.36 bits per heavy atom. The first kappa shape index (κ1) is 14.5. The molecule has 3 aromatic rings. The molecule has 7 nitrogen and oxygen atoms in total. The number of nitrogens with zero attached hydrogens (tertiary/aromatic N) is 6. The van der Waals surface area contributed by atoms with Gasteiger partial charge in [-0.15, -0.1) is 0 Å². The van der Waals surface area contributed by atoms with Crippen LogP contribution in [0.1, 0.15) is 23.0 Å². The summed E-state index contributed by atoms with van der Waals surface area (Å²) in [5.74, 6) is -0.159. The van der Waals surface area contributed by atoms with Gasteiger partial charge in [-0.2, -0.15) is 10.2 Å². The third-order valence-electron chi connectivity index (χ3n) is 3.44. The van der Waals surface area contributed by atoms with Crippen LogP contribution in [0.3, 0.4) is 0 Å². The molecule has 0 aliphatic carbocycles. The van der Waals surface area contributed by atoms with E-state index >= 15 is 0 Å². The first-order valence-corrected chi connectivity index (χ1v) is 7.23. The van der Waals surface area contributed by atoms with Crippen molar-refractivity contribution in [2.24, 2.45) is 0 Å². The zero-order valence-electron chi connectivity index (χ0n) is 12.3. The van der Waals surface area contributed by atoms with Gasteiger partial charge in [0.25, 0.3) is 5.91 Å². The predicted molar refractivity (Wildman–Crippen MR) is 81.7 cm³/mol. The third kappa shape index (κ3) is 2.43. The van der Waals surface area contributed by atoms with Crippen molar-refractivity contribution in [3.63, 3.8) is 0 Å². The number of rotatable bonds is 4. The summed E-state index contributed by atoms with van der Waals surface area (Å²) in [6.45, 7) is 3.04. The highest BCUT2D eigenvalue weighted by atomic mass is 35.5. The lowest BCUT2D eigenvalue weighted by molar-refractivity contribution is 0.0783. The van der Waals surface area contributed by atoms with Crippen LogP contribution in [-0.2, 0) is 13.1 Å². The number of hydrogen-bond donors (Lipinski definition) is 0. The second-order valence-electron chi connectivity index (χ2n) is 4.86. The highest BCUT2D eigenvalue weighted by molar-refractivity contribution is 6.31. The molecule has 3 aromatic heterocycles. The van der Waals surface area contributed by atoms with Crippen molar-refractivity contribution in [1.29, 1.82) is 0 Å². The molecule has 3 rings (SSSR count). The second-order valence-corrected chi connectivity index (χ2v) is 5.27. The lowest BCUT2D eigenvalue weighted by Gasteiger charge is -2.17. The molecule has 0 aliphatic heterocycles. The molecule has 0 atom stereocenters. The van der Waals surface area contributed by atoms with Crippen LogP contribution in [0.25, 0.3) is 5.65 Å². The van der Waals surface area contributed by atoms with Gasteiger partial charge in [0.1, 0.15) is 5.56 Å². The summed E-state index contributed by atoms with van der Waals surface area (Å²) in [5.41, 5.74) is 1.81. The van der Waals surface area contributed by atoms with Crippen molar-refractivity contribution in [3.05, 3.63) is 47.1 Å². The molecule has 0 fully saturated rings. The maximum atomic E-state index is 12.6. The van der Waals surface area contributed by atoms with Crippen molar-refractivity contribution in [1.82, 2.24) is 29.3 Å². The Labute approximate surface area is 132 Å². The van der Waals surface area contributed by atoms with Gasteiger partial charge in [0.05, 0.1) is 29.7 Å². The standard InChI is InChI=1S/C14H15ClN6O/c1-3-20-12(11(15)8-18-20)9-19(2)14(22)10-7-17-21-6-4-5-16-13(10)21/h4-8H,3,9H2,1-2H3. The van der Waals surface area contributed by atoms with E-state index in [1.165, 1.54) is 6.20 Å². The van der Waals surface area contributed by atoms with Gasteiger partial charge in [0, 0.05) is 26.0 Å². The second kappa shape index (κ2) is 5.76. The van der Waals surface area contributed by atoms with E-state index in [0.29, 0.717) is 29.3 Å². The van der Waals surface area contributed by atoms with E-state index in [9.17, 15) is 4.79 Å². The minimum absolute atomic E-state index is 0.159. The van der Waals surface area contributed by atoms with Crippen LogP contribution in [0, 0.1) is 0 Å². The summed E-state index contributed by atoms with van der Waals surface area (Å²) in [6.07, 6.45) is 6.51. The Morgan fingerprint density at radius 3 is 2.95 bits per heavy atom. The van der Waals surface area contributed by atoms with E-state index < -0.39 is 0 Å². The molecule has 0 unspecified atom stereocenters. The van der Waals surface area contributed by atoms with Gasteiger partial charge in [0.2, 0.25) is 0 Å². The molecule has 0 aliphatic rings. The zero-order valence-corrected chi connectivity index (χ0v) is 13.0. The number of aromatic nitrogens is 5. The lowest BCUT2D eigenvalue weighted by atomic mass is 10.3. The molecule has 114 valence electrons. The fourth-order valence-corrected chi connectivity index (χ4v) is 2.50. The van der Waals surface area contributed by atoms with Crippen LogP contribution in [0.5, 0.6) is 0 Å². The van der Waals surface area contributed by atoms with Gasteiger partial charge in [-0.3, -0.25) is 9.48 Å². The molecule has 22 heavy (non-hydrogen) atoms. The minimum atomic E-state index is -0.159. The first-order valence-electron chi connectivity index (χ1n) is 6.85. The van der Waals surface area contributed by atoms with Gasteiger partial charge in [-0.05, 0) is 13.0 Å². The molecular weight excluding hydrogens is 304 g/mol. The highest BCUT2D eigenvalue weighted by Gasteiger charge is 2.20. The molecule has 0 N–H and O–H groups in total. The van der Waals surface area contributed by atoms with Gasteiger partial charge < -0.3 is 4.90 Å². The minimum Gasteiger partial charge on any atom is -0.336 e. The highest BCUT2D eigenvalue weighted by Crippen LogP contribution is 2.18. The fourth-order valence-electron chi connectivity index (χ4n) is 2.30. The summed E-state index contributed by atoms with van der Waals surface area (Å²) in [4.78, 5) is 18.4. The Balaban J connectivity index is 1.87. The number of aryl methyl sites for hydroxylation is 1. The predicted octanol–water partition coefficient (Wildman–Crippen LogP) is 1.87. The van der Waals surface area contributed by atoms with E-state index in [0.717, 1.165) is 5.69 Å². The Kier molecular flexibility index (Phi) is 3.81. The largest absolute Gasteiger partial charge is 0.336 e. The molecule has 1 amide bonds. The normalized spacial score (nSPS) is 11.0. The van der Waals surface area contributed by atoms with Crippen molar-refractivity contribution < 1.29 is 4.79 Å². The molecule has 0 spiro atoms. The van der Waals surface area contributed by atoms with Crippen LogP contribution < -0.4 is 0 Å². The number of halogens is 1. The molecule has 0 saturated carbocycles. The Morgan fingerprint density at radius 2 is 2.18 bits per heavy atom. The first-order chi connectivity index (χ1) is 10.6. The molecule has 0 saturated heterocycles. The average Bonchev–Trinajstić information content (AvgIpc) is 3.11. The summed E-state index contributed by atoms with van der Waals surface area (Å²) in [7, 11) is 1.72. The quantitative estimate of drug-likeness (QED) is 0.736. The number of fused-ring (bicyclic) bond motifs is 1. The number of carbonyl (C=O) groups is 1. The van der Waals surface area contributed by atoms with Gasteiger partial charge in [0.15, 0.2) is 5.65 Å². The van der Waals surface area contributed by atoms with E-state index in [-0.39, 0.29) is 5.91 Å². The molecule has 0 bridgehead atoms. The maximum Gasteiger partial charge on any atom is 0.259 e. The van der Waals surface area contributed by atoms with Crippen LogP contribution in [0.4, 0.5) is 0 Å². The average molecular weight is 319 g/mol. The van der Waals surface area contributed by atoms with Crippen molar-refractivity contribution >= 4 is 23.2 Å². The molecule has 0 aromatic carbocycles. The van der Waals surface area contributed by atoms with Crippen LogP contribution in [0.2, 0.25) is 5.02 Å². The van der Waals surface area contributed by atoms with Crippen molar-refractivity contribution in [2.45, 2.75) is 20.0 Å². The SMILES string of the molecule is CCn1ncc(Cl)c1CN(C)C(=O)c1cnn2cccnc12. The smallest absolute Gasteiger partial charge is 0.259 e. The monoisotopic (exact) mass is 318 g/mol. The zero-order chi connectivity index (χ0) is 15.7. The summed E-state index contributed by atoms with van der Waals surface area (Å²) >= 11 is 6.14. The molecular formula is C14H15ClN6O. The summed E-state index contributed by atoms with van der Waals surface area (Å²) in [6, 6.07) is 1.76. The maximum absolute atomic E-state index is 12.6. The Bertz CT molecular complexity index is 824. The molecule has 3 heterocycles. The van der Waals surface area contributed by atoms with Gasteiger partial charge in [-0.1, -0.05) is 11.6 Å². The van der Waals surface area contributed by atoms with Gasteiger partial charge in [-0.25, -0.2) is 9.50 Å². The van der Waals surface area contributed by atoms with Crippen molar-refractivity contribution in [2.75, 3.05) is 7.05 Å². The van der Waals surface area contributed by atoms with Crippen LogP contribution in [-0.4, -0.2) is 42.2 Å². The fraction of sp³-hybridized carbons (Fsp3) is 0.286. The molecule has 0 radical (unpaired) electrons. The number of carbonyl (C=O) groups excluding carboxylic acids is 1. The van der Waals surface area contributed by atoms with Gasteiger partial charge >= 0.3 is 0 Å².